The molecule has 216 valence electrons. The third-order valence-corrected chi connectivity index (χ3v) is 6.42. The van der Waals surface area contributed by atoms with Crippen LogP contribution in [0.15, 0.2) is 47.2 Å². The predicted octanol–water partition coefficient (Wildman–Crippen LogP) is 7.99. The molecule has 0 radical (unpaired) electrons. The minimum absolute atomic E-state index is 0.101. The van der Waals surface area contributed by atoms with Crippen LogP contribution in [0, 0.1) is 10.1 Å². The van der Waals surface area contributed by atoms with Gasteiger partial charge in [-0.1, -0.05) is 76.8 Å². The summed E-state index contributed by atoms with van der Waals surface area (Å²) in [5.74, 6) is -0.689. The maximum absolute atomic E-state index is 12.6. The number of allylic oxidation sites excluding steroid dienone is 2. The zero-order valence-corrected chi connectivity index (χ0v) is 23.6. The third kappa shape index (κ3) is 10.6. The van der Waals surface area contributed by atoms with Crippen molar-refractivity contribution in [2.45, 2.75) is 97.8 Å². The van der Waals surface area contributed by atoms with Gasteiger partial charge in [0.05, 0.1) is 29.5 Å². The Kier molecular flexibility index (Phi) is 13.9. The van der Waals surface area contributed by atoms with E-state index in [1.807, 2.05) is 0 Å². The summed E-state index contributed by atoms with van der Waals surface area (Å²) in [5.41, 5.74) is 1.21. The van der Waals surface area contributed by atoms with Crippen LogP contribution in [-0.4, -0.2) is 30.4 Å². The van der Waals surface area contributed by atoms with Crippen LogP contribution in [0.25, 0.3) is 0 Å². The van der Waals surface area contributed by atoms with Gasteiger partial charge in [0.2, 0.25) is 0 Å². The Morgan fingerprint density at radius 3 is 1.92 bits per heavy atom. The van der Waals surface area contributed by atoms with Gasteiger partial charge in [0.1, 0.15) is 17.4 Å². The fourth-order valence-electron chi connectivity index (χ4n) is 4.45. The number of unbranched alkanes of at least 4 members (excludes halogenated alkanes) is 9. The van der Waals surface area contributed by atoms with E-state index >= 15 is 0 Å². The zero-order chi connectivity index (χ0) is 28.6. The lowest BCUT2D eigenvalue weighted by atomic mass is 9.90. The van der Waals surface area contributed by atoms with Gasteiger partial charge in [0, 0.05) is 12.1 Å². The van der Waals surface area contributed by atoms with Crippen LogP contribution in [0.3, 0.4) is 0 Å². The molecule has 10 heteroatoms. The van der Waals surface area contributed by atoms with Crippen LogP contribution < -0.4 is 5.32 Å². The maximum Gasteiger partial charge on any atom is 0.513 e. The quantitative estimate of drug-likeness (QED) is 0.0949. The highest BCUT2D eigenvalue weighted by atomic mass is 16.7. The number of hydrogen-bond acceptors (Lipinski definition) is 9. The number of nitro benzene ring substituents is 1. The third-order valence-electron chi connectivity index (χ3n) is 6.42. The Labute approximate surface area is 230 Å². The van der Waals surface area contributed by atoms with Crippen molar-refractivity contribution in [2.75, 3.05) is 13.2 Å². The van der Waals surface area contributed by atoms with Gasteiger partial charge in [-0.25, -0.2) is 9.59 Å². The van der Waals surface area contributed by atoms with Crippen molar-refractivity contribution in [3.8, 4) is 0 Å². The number of rotatable bonds is 16. The zero-order valence-electron chi connectivity index (χ0n) is 23.6. The molecule has 1 atom stereocenters. The summed E-state index contributed by atoms with van der Waals surface area (Å²) in [7, 11) is 0. The molecule has 0 fully saturated rings. The average molecular weight is 547 g/mol. The van der Waals surface area contributed by atoms with Gasteiger partial charge in [-0.2, -0.15) is 0 Å². The van der Waals surface area contributed by atoms with E-state index in [9.17, 15) is 19.7 Å². The van der Waals surface area contributed by atoms with E-state index < -0.39 is 23.2 Å². The highest BCUT2D eigenvalue weighted by molar-refractivity contribution is 5.65. The number of nitrogens with zero attached hydrogens (tertiary/aromatic N) is 1. The lowest BCUT2D eigenvalue weighted by Gasteiger charge is -2.30. The second-order valence-electron chi connectivity index (χ2n) is 9.56. The number of nitro groups is 1. The van der Waals surface area contributed by atoms with Crippen LogP contribution in [0.1, 0.15) is 103 Å². The monoisotopic (exact) mass is 546 g/mol. The molecular weight excluding hydrogens is 504 g/mol. The van der Waals surface area contributed by atoms with Crippen LogP contribution in [0.5, 0.6) is 0 Å². The number of carbonyl (C=O) groups excluding carboxylic acids is 2. The second-order valence-corrected chi connectivity index (χ2v) is 9.56. The Morgan fingerprint density at radius 2 is 1.38 bits per heavy atom. The van der Waals surface area contributed by atoms with E-state index in [0.717, 1.165) is 19.3 Å². The molecule has 1 N–H and O–H groups in total. The van der Waals surface area contributed by atoms with Crippen LogP contribution in [0.4, 0.5) is 15.3 Å². The molecule has 2 rings (SSSR count). The number of carbonyl (C=O) groups is 2. The molecule has 39 heavy (non-hydrogen) atoms. The average Bonchev–Trinajstić information content (AvgIpc) is 2.90. The summed E-state index contributed by atoms with van der Waals surface area (Å²) >= 11 is 0. The number of non-ortho nitro benzene ring substituents is 1. The molecule has 1 aliphatic heterocycles. The van der Waals surface area contributed by atoms with Crippen LogP contribution in [0.2, 0.25) is 0 Å². The van der Waals surface area contributed by atoms with Crippen molar-refractivity contribution < 1.29 is 33.5 Å². The summed E-state index contributed by atoms with van der Waals surface area (Å²) in [6.45, 7) is 7.56. The minimum atomic E-state index is -0.938. The topological polar surface area (TPSA) is 126 Å². The fourth-order valence-corrected chi connectivity index (χ4v) is 4.45. The molecule has 1 unspecified atom stereocenters. The van der Waals surface area contributed by atoms with Crippen molar-refractivity contribution in [3.63, 3.8) is 0 Å². The molecule has 0 bridgehead atoms. The lowest BCUT2D eigenvalue weighted by Crippen LogP contribution is -2.29. The summed E-state index contributed by atoms with van der Waals surface area (Å²) in [6, 6.07) is 5.86. The molecule has 0 aromatic heterocycles. The number of benzene rings is 1. The molecule has 0 saturated heterocycles. The van der Waals surface area contributed by atoms with E-state index in [2.05, 4.69) is 12.2 Å². The van der Waals surface area contributed by atoms with Gasteiger partial charge in [-0.05, 0) is 32.8 Å². The van der Waals surface area contributed by atoms with E-state index in [4.69, 9.17) is 18.9 Å². The van der Waals surface area contributed by atoms with Crippen LogP contribution >= 0.6 is 0 Å². The van der Waals surface area contributed by atoms with Crippen molar-refractivity contribution in [1.82, 2.24) is 5.32 Å². The summed E-state index contributed by atoms with van der Waals surface area (Å²) in [4.78, 5) is 35.7. The molecular formula is C29H42N2O8. The molecule has 1 aliphatic rings. The molecule has 0 saturated carbocycles. The number of nitrogens with one attached hydrogen (secondary N) is 1. The molecule has 1 aromatic rings. The Bertz CT molecular complexity index is 1030. The smallest absolute Gasteiger partial charge is 0.434 e. The van der Waals surface area contributed by atoms with E-state index in [-0.39, 0.29) is 30.4 Å². The van der Waals surface area contributed by atoms with Gasteiger partial charge >= 0.3 is 12.3 Å². The first-order valence-electron chi connectivity index (χ1n) is 13.9. The first kappa shape index (κ1) is 31.7. The molecule has 0 amide bonds. The summed E-state index contributed by atoms with van der Waals surface area (Å²) in [6.07, 6.45) is 9.79. The van der Waals surface area contributed by atoms with Crippen LogP contribution in [-0.2, 0) is 18.9 Å². The SMILES string of the molecule is CCCCCCCCCCCCOC(=O)OC1=C(C)NC(C)=C(OC(=O)OCC)C1c1cccc([N+](=O)[O-])c1. The fraction of sp³-hybridized carbons (Fsp3) is 0.586. The normalized spacial score (nSPS) is 15.0. The Morgan fingerprint density at radius 1 is 0.846 bits per heavy atom. The first-order valence-corrected chi connectivity index (χ1v) is 13.9. The number of ether oxygens (including phenoxy) is 4. The lowest BCUT2D eigenvalue weighted by molar-refractivity contribution is -0.384. The Hall–Kier alpha value is -3.56. The second kappa shape index (κ2) is 17.1. The van der Waals surface area contributed by atoms with Gasteiger partial charge in [0.25, 0.3) is 5.69 Å². The number of dihydropyridines is 1. The molecule has 1 heterocycles. The van der Waals surface area contributed by atoms with Gasteiger partial charge in [0.15, 0.2) is 0 Å². The van der Waals surface area contributed by atoms with Crippen molar-refractivity contribution in [1.29, 1.82) is 0 Å². The summed E-state index contributed by atoms with van der Waals surface area (Å²) < 4.78 is 21.3. The molecule has 0 spiro atoms. The minimum Gasteiger partial charge on any atom is -0.434 e. The molecule has 10 nitrogen and oxygen atoms in total. The van der Waals surface area contributed by atoms with Gasteiger partial charge < -0.3 is 24.3 Å². The molecule has 1 aromatic carbocycles. The van der Waals surface area contributed by atoms with Crippen molar-refractivity contribution >= 4 is 18.0 Å². The van der Waals surface area contributed by atoms with Gasteiger partial charge in [-0.15, -0.1) is 0 Å². The van der Waals surface area contributed by atoms with Crippen molar-refractivity contribution in [3.05, 3.63) is 62.9 Å². The molecule has 0 aliphatic carbocycles. The predicted molar refractivity (Wildman–Crippen MR) is 147 cm³/mol. The number of hydrogen-bond donors (Lipinski definition) is 1. The van der Waals surface area contributed by atoms with E-state index in [1.54, 1.807) is 26.8 Å². The van der Waals surface area contributed by atoms with E-state index in [0.29, 0.717) is 17.0 Å². The largest absolute Gasteiger partial charge is 0.513 e. The van der Waals surface area contributed by atoms with Gasteiger partial charge in [-0.3, -0.25) is 10.1 Å². The maximum atomic E-state index is 12.6. The first-order chi connectivity index (χ1) is 18.8. The highest BCUT2D eigenvalue weighted by Crippen LogP contribution is 2.40. The van der Waals surface area contributed by atoms with Crippen molar-refractivity contribution in [2.24, 2.45) is 0 Å². The standard InChI is InChI=1S/C29H42N2O8/c1-5-7-8-9-10-11-12-13-14-15-19-37-29(33)39-27-22(4)30-21(3)26(38-28(32)36-6-2)25(27)23-17-16-18-24(20-23)31(34)35/h16-18,20,25,30H,5-15,19H2,1-4H3. The van der Waals surface area contributed by atoms with E-state index in [1.165, 1.54) is 63.1 Å². The Balaban J connectivity index is 2.02. The highest BCUT2D eigenvalue weighted by Gasteiger charge is 2.36. The summed E-state index contributed by atoms with van der Waals surface area (Å²) in [5, 5.41) is 14.5.